The van der Waals surface area contributed by atoms with E-state index in [2.05, 4.69) is 15.5 Å². The van der Waals surface area contributed by atoms with Crippen molar-refractivity contribution < 1.29 is 18.4 Å². The number of halogens is 1. The number of para-hydroxylation sites is 1. The molecule has 0 bridgehead atoms. The van der Waals surface area contributed by atoms with Crippen LogP contribution in [-0.4, -0.2) is 46.9 Å². The molecule has 1 aliphatic rings. The standard InChI is InChI=1S/C17H21FN4O3/c1-12-19-16(21-25-12)8-10-24-13-5-4-9-22(11-13)17(23)20-15-7-3-2-6-14(15)18/h2-3,6-7,13H,4-5,8-11H2,1H3,(H,20,23). The van der Waals surface area contributed by atoms with Gasteiger partial charge in [0.25, 0.3) is 0 Å². The zero-order valence-electron chi connectivity index (χ0n) is 14.1. The van der Waals surface area contributed by atoms with E-state index in [1.54, 1.807) is 24.0 Å². The summed E-state index contributed by atoms with van der Waals surface area (Å²) in [5, 5.41) is 6.43. The average molecular weight is 348 g/mol. The summed E-state index contributed by atoms with van der Waals surface area (Å²) in [6.07, 6.45) is 2.24. The molecule has 2 heterocycles. The van der Waals surface area contributed by atoms with Gasteiger partial charge in [-0.05, 0) is 25.0 Å². The minimum absolute atomic E-state index is 0.0480. The van der Waals surface area contributed by atoms with Gasteiger partial charge in [-0.1, -0.05) is 17.3 Å². The van der Waals surface area contributed by atoms with Crippen molar-refractivity contribution in [3.05, 3.63) is 41.8 Å². The number of urea groups is 1. The molecule has 1 N–H and O–H groups in total. The predicted molar refractivity (Wildman–Crippen MR) is 88.7 cm³/mol. The third kappa shape index (κ3) is 4.76. The van der Waals surface area contributed by atoms with Crippen molar-refractivity contribution in [3.63, 3.8) is 0 Å². The molecule has 0 saturated carbocycles. The Bertz CT molecular complexity index is 721. The van der Waals surface area contributed by atoms with Gasteiger partial charge < -0.3 is 19.5 Å². The molecule has 1 atom stereocenters. The largest absolute Gasteiger partial charge is 0.376 e. The first-order chi connectivity index (χ1) is 12.1. The van der Waals surface area contributed by atoms with Crippen LogP contribution in [0.25, 0.3) is 0 Å². The first kappa shape index (κ1) is 17.3. The Hall–Kier alpha value is -2.48. The van der Waals surface area contributed by atoms with Gasteiger partial charge in [0.1, 0.15) is 5.82 Å². The summed E-state index contributed by atoms with van der Waals surface area (Å²) in [5.74, 6) is 0.696. The minimum Gasteiger partial charge on any atom is -0.376 e. The molecule has 1 saturated heterocycles. The molecular formula is C17H21FN4O3. The van der Waals surface area contributed by atoms with Crippen molar-refractivity contribution in [1.29, 1.82) is 0 Å². The summed E-state index contributed by atoms with van der Waals surface area (Å²) in [6.45, 7) is 3.31. The smallest absolute Gasteiger partial charge is 0.322 e. The van der Waals surface area contributed by atoms with Gasteiger partial charge in [0.05, 0.1) is 18.4 Å². The van der Waals surface area contributed by atoms with Crippen LogP contribution in [0.5, 0.6) is 0 Å². The molecule has 25 heavy (non-hydrogen) atoms. The zero-order chi connectivity index (χ0) is 17.6. The second-order valence-corrected chi connectivity index (χ2v) is 5.97. The number of anilines is 1. The highest BCUT2D eigenvalue weighted by atomic mass is 19.1. The van der Waals surface area contributed by atoms with E-state index in [9.17, 15) is 9.18 Å². The molecule has 2 amide bonds. The molecule has 1 aromatic carbocycles. The van der Waals surface area contributed by atoms with Crippen molar-refractivity contribution in [2.24, 2.45) is 0 Å². The van der Waals surface area contributed by atoms with Crippen LogP contribution in [0.2, 0.25) is 0 Å². The number of piperidine rings is 1. The molecule has 8 heteroatoms. The van der Waals surface area contributed by atoms with Crippen LogP contribution in [0.15, 0.2) is 28.8 Å². The van der Waals surface area contributed by atoms with Crippen LogP contribution in [0.1, 0.15) is 24.6 Å². The van der Waals surface area contributed by atoms with Crippen LogP contribution in [0.4, 0.5) is 14.9 Å². The molecule has 3 rings (SSSR count). The monoisotopic (exact) mass is 348 g/mol. The summed E-state index contributed by atoms with van der Waals surface area (Å²) in [7, 11) is 0. The van der Waals surface area contributed by atoms with Crippen LogP contribution < -0.4 is 5.32 Å². The van der Waals surface area contributed by atoms with Crippen molar-refractivity contribution in [1.82, 2.24) is 15.0 Å². The fraction of sp³-hybridized carbons (Fsp3) is 0.471. The number of rotatable bonds is 5. The first-order valence-corrected chi connectivity index (χ1v) is 8.33. The molecule has 0 radical (unpaired) electrons. The highest BCUT2D eigenvalue weighted by Gasteiger charge is 2.24. The first-order valence-electron chi connectivity index (χ1n) is 8.33. The second-order valence-electron chi connectivity index (χ2n) is 5.97. The fourth-order valence-electron chi connectivity index (χ4n) is 2.78. The van der Waals surface area contributed by atoms with E-state index in [0.717, 1.165) is 12.8 Å². The lowest BCUT2D eigenvalue weighted by molar-refractivity contribution is 0.0120. The number of likely N-dealkylation sites (tertiary alicyclic amines) is 1. The second kappa shape index (κ2) is 8.06. The van der Waals surface area contributed by atoms with Gasteiger partial charge in [-0.3, -0.25) is 0 Å². The van der Waals surface area contributed by atoms with Crippen molar-refractivity contribution in [2.45, 2.75) is 32.3 Å². The molecule has 1 aromatic heterocycles. The Balaban J connectivity index is 1.47. The van der Waals surface area contributed by atoms with Gasteiger partial charge in [0.2, 0.25) is 5.89 Å². The maximum atomic E-state index is 13.6. The molecular weight excluding hydrogens is 327 g/mol. The summed E-state index contributed by atoms with van der Waals surface area (Å²) in [5.41, 5.74) is 0.183. The third-order valence-electron chi connectivity index (χ3n) is 4.03. The van der Waals surface area contributed by atoms with Crippen molar-refractivity contribution in [3.8, 4) is 0 Å². The molecule has 134 valence electrons. The number of aromatic nitrogens is 2. The number of amides is 2. The van der Waals surface area contributed by atoms with Crippen LogP contribution in [-0.2, 0) is 11.2 Å². The molecule has 0 spiro atoms. The summed E-state index contributed by atoms with van der Waals surface area (Å²) in [6, 6.07) is 5.81. The predicted octanol–water partition coefficient (Wildman–Crippen LogP) is 2.77. The van der Waals surface area contributed by atoms with E-state index in [1.807, 2.05) is 0 Å². The average Bonchev–Trinajstić information content (AvgIpc) is 3.02. The SMILES string of the molecule is Cc1nc(CCOC2CCCN(C(=O)Nc3ccccc3F)C2)no1. The molecule has 0 aliphatic carbocycles. The van der Waals surface area contributed by atoms with Gasteiger partial charge >= 0.3 is 6.03 Å². The van der Waals surface area contributed by atoms with E-state index >= 15 is 0 Å². The third-order valence-corrected chi connectivity index (χ3v) is 4.03. The van der Waals surface area contributed by atoms with Crippen molar-refractivity contribution in [2.75, 3.05) is 25.0 Å². The highest BCUT2D eigenvalue weighted by Crippen LogP contribution is 2.17. The maximum absolute atomic E-state index is 13.6. The van der Waals surface area contributed by atoms with Gasteiger partial charge in [-0.15, -0.1) is 0 Å². The maximum Gasteiger partial charge on any atom is 0.322 e. The summed E-state index contributed by atoms with van der Waals surface area (Å²) in [4.78, 5) is 18.1. The summed E-state index contributed by atoms with van der Waals surface area (Å²) >= 11 is 0. The lowest BCUT2D eigenvalue weighted by Gasteiger charge is -2.32. The number of carbonyl (C=O) groups excluding carboxylic acids is 1. The Labute approximate surface area is 145 Å². The van der Waals surface area contributed by atoms with E-state index in [4.69, 9.17) is 9.26 Å². The molecule has 7 nitrogen and oxygen atoms in total. The zero-order valence-corrected chi connectivity index (χ0v) is 14.1. The van der Waals surface area contributed by atoms with E-state index < -0.39 is 5.82 Å². The molecule has 2 aromatic rings. The highest BCUT2D eigenvalue weighted by molar-refractivity contribution is 5.89. The fourth-order valence-corrected chi connectivity index (χ4v) is 2.78. The normalized spacial score (nSPS) is 17.5. The van der Waals surface area contributed by atoms with Gasteiger partial charge in [-0.25, -0.2) is 9.18 Å². The van der Waals surface area contributed by atoms with Gasteiger partial charge in [0.15, 0.2) is 5.82 Å². The van der Waals surface area contributed by atoms with E-state index in [0.29, 0.717) is 37.8 Å². The number of nitrogens with zero attached hydrogens (tertiary/aromatic N) is 3. The molecule has 1 aliphatic heterocycles. The lowest BCUT2D eigenvalue weighted by atomic mass is 10.1. The topological polar surface area (TPSA) is 80.5 Å². The number of carbonyl (C=O) groups is 1. The number of hydrogen-bond donors (Lipinski definition) is 1. The minimum atomic E-state index is -0.448. The van der Waals surface area contributed by atoms with Gasteiger partial charge in [0, 0.05) is 26.4 Å². The Kier molecular flexibility index (Phi) is 5.60. The number of nitrogens with one attached hydrogen (secondary N) is 1. The number of benzene rings is 1. The van der Waals surface area contributed by atoms with Gasteiger partial charge in [-0.2, -0.15) is 4.98 Å². The lowest BCUT2D eigenvalue weighted by Crippen LogP contribution is -2.45. The Morgan fingerprint density at radius 1 is 1.48 bits per heavy atom. The van der Waals surface area contributed by atoms with Crippen LogP contribution in [0.3, 0.4) is 0 Å². The van der Waals surface area contributed by atoms with Crippen LogP contribution >= 0.6 is 0 Å². The number of ether oxygens (including phenoxy) is 1. The Morgan fingerprint density at radius 3 is 3.08 bits per heavy atom. The number of hydrogen-bond acceptors (Lipinski definition) is 5. The quantitative estimate of drug-likeness (QED) is 0.899. The molecule has 1 unspecified atom stereocenters. The van der Waals surface area contributed by atoms with Crippen LogP contribution in [0, 0.1) is 12.7 Å². The number of aryl methyl sites for hydroxylation is 1. The summed E-state index contributed by atoms with van der Waals surface area (Å²) < 4.78 is 24.4. The van der Waals surface area contributed by atoms with E-state index in [-0.39, 0.29) is 17.8 Å². The Morgan fingerprint density at radius 2 is 2.32 bits per heavy atom. The van der Waals surface area contributed by atoms with E-state index in [1.165, 1.54) is 12.1 Å². The van der Waals surface area contributed by atoms with Crippen molar-refractivity contribution >= 4 is 11.7 Å². The molecule has 1 fully saturated rings.